The van der Waals surface area contributed by atoms with Crippen LogP contribution >= 0.6 is 0 Å². The van der Waals surface area contributed by atoms with E-state index in [2.05, 4.69) is 11.0 Å². The fourth-order valence-electron chi connectivity index (χ4n) is 3.18. The van der Waals surface area contributed by atoms with Crippen molar-refractivity contribution in [1.82, 2.24) is 4.90 Å². The molecule has 6 heteroatoms. The summed E-state index contributed by atoms with van der Waals surface area (Å²) in [5.41, 5.74) is 1.53. The fraction of sp³-hybridized carbons (Fsp3) is 0.350. The summed E-state index contributed by atoms with van der Waals surface area (Å²) in [6, 6.07) is 14.9. The van der Waals surface area contributed by atoms with Crippen molar-refractivity contribution in [3.63, 3.8) is 0 Å². The second kappa shape index (κ2) is 7.79. The van der Waals surface area contributed by atoms with Crippen molar-refractivity contribution < 1.29 is 17.9 Å². The van der Waals surface area contributed by atoms with E-state index < -0.39 is 11.7 Å². The van der Waals surface area contributed by atoms with Crippen LogP contribution in [0, 0.1) is 11.3 Å². The van der Waals surface area contributed by atoms with Gasteiger partial charge in [0.15, 0.2) is 0 Å². The molecule has 26 heavy (non-hydrogen) atoms. The Hall–Kier alpha value is -2.52. The lowest BCUT2D eigenvalue weighted by atomic mass is 10.0. The number of hydrogen-bond donors (Lipinski definition) is 0. The van der Waals surface area contributed by atoms with E-state index in [1.54, 1.807) is 0 Å². The van der Waals surface area contributed by atoms with Gasteiger partial charge < -0.3 is 4.74 Å². The van der Waals surface area contributed by atoms with Crippen LogP contribution in [0.3, 0.4) is 0 Å². The molecule has 0 saturated heterocycles. The summed E-state index contributed by atoms with van der Waals surface area (Å²) in [6.45, 7) is 2.07. The summed E-state index contributed by atoms with van der Waals surface area (Å²) >= 11 is 0. The van der Waals surface area contributed by atoms with E-state index in [9.17, 15) is 13.2 Å². The number of rotatable bonds is 4. The van der Waals surface area contributed by atoms with Crippen LogP contribution in [-0.4, -0.2) is 24.5 Å². The first kappa shape index (κ1) is 18.3. The Bertz CT molecular complexity index is 781. The number of alkyl halides is 3. The van der Waals surface area contributed by atoms with Gasteiger partial charge in [0.1, 0.15) is 11.9 Å². The topological polar surface area (TPSA) is 36.3 Å². The highest BCUT2D eigenvalue weighted by atomic mass is 19.4. The fourth-order valence-corrected chi connectivity index (χ4v) is 3.18. The summed E-state index contributed by atoms with van der Waals surface area (Å²) in [7, 11) is 0. The molecule has 0 saturated carbocycles. The number of hydrogen-bond acceptors (Lipinski definition) is 3. The molecule has 3 nitrogen and oxygen atoms in total. The number of fused-ring (bicyclic) bond motifs is 1. The van der Waals surface area contributed by atoms with Gasteiger partial charge in [0.25, 0.3) is 0 Å². The lowest BCUT2D eigenvalue weighted by molar-refractivity contribution is -0.137. The summed E-state index contributed by atoms with van der Waals surface area (Å²) < 4.78 is 44.2. The molecule has 0 amide bonds. The maximum Gasteiger partial charge on any atom is 0.416 e. The van der Waals surface area contributed by atoms with Gasteiger partial charge in [-0.3, -0.25) is 4.90 Å². The van der Waals surface area contributed by atoms with Gasteiger partial charge in [-0.15, -0.1) is 0 Å². The zero-order chi connectivity index (χ0) is 18.6. The summed E-state index contributed by atoms with van der Waals surface area (Å²) in [5, 5.41) is 8.83. The Morgan fingerprint density at radius 1 is 1.12 bits per heavy atom. The molecule has 1 aliphatic rings. The third-order valence-electron chi connectivity index (χ3n) is 4.52. The van der Waals surface area contributed by atoms with E-state index >= 15 is 0 Å². The maximum atomic E-state index is 12.7. The number of nitrogens with zero attached hydrogens (tertiary/aromatic N) is 2. The molecule has 2 aromatic carbocycles. The minimum absolute atomic E-state index is 0.288. The van der Waals surface area contributed by atoms with Crippen LogP contribution in [0.2, 0.25) is 0 Å². The van der Waals surface area contributed by atoms with Gasteiger partial charge in [0, 0.05) is 26.1 Å². The second-order valence-corrected chi connectivity index (χ2v) is 6.29. The average Bonchev–Trinajstić information content (AvgIpc) is 2.79. The van der Waals surface area contributed by atoms with Crippen molar-refractivity contribution in [1.29, 1.82) is 5.26 Å². The summed E-state index contributed by atoms with van der Waals surface area (Å²) in [6.07, 6.45) is -3.36. The van der Waals surface area contributed by atoms with Crippen LogP contribution in [-0.2, 0) is 12.6 Å². The highest BCUT2D eigenvalue weighted by Crippen LogP contribution is 2.32. The standard InChI is InChI=1S/C20H19F3N2O/c21-20(22,23)16-6-8-17(9-7-16)26-19-14-25(12-3-11-24)13-10-15-4-1-2-5-18(15)19/h1-2,4-9,19H,3,10,12-14H2. The van der Waals surface area contributed by atoms with Crippen LogP contribution in [0.4, 0.5) is 13.2 Å². The average molecular weight is 360 g/mol. The van der Waals surface area contributed by atoms with Crippen molar-refractivity contribution in [2.45, 2.75) is 25.1 Å². The molecule has 2 aromatic rings. The van der Waals surface area contributed by atoms with E-state index in [0.717, 1.165) is 30.7 Å². The zero-order valence-corrected chi connectivity index (χ0v) is 14.2. The first-order chi connectivity index (χ1) is 12.5. The van der Waals surface area contributed by atoms with Gasteiger partial charge in [-0.2, -0.15) is 18.4 Å². The summed E-state index contributed by atoms with van der Waals surface area (Å²) in [5.74, 6) is 0.403. The lowest BCUT2D eigenvalue weighted by Gasteiger charge is -2.25. The second-order valence-electron chi connectivity index (χ2n) is 6.29. The molecular formula is C20H19F3N2O. The Morgan fingerprint density at radius 2 is 1.85 bits per heavy atom. The maximum absolute atomic E-state index is 12.7. The predicted molar refractivity (Wildman–Crippen MR) is 91.6 cm³/mol. The molecule has 136 valence electrons. The van der Waals surface area contributed by atoms with Crippen molar-refractivity contribution in [3.05, 3.63) is 65.2 Å². The van der Waals surface area contributed by atoms with Crippen molar-refractivity contribution in [2.24, 2.45) is 0 Å². The minimum atomic E-state index is -4.36. The number of halogens is 3. The molecule has 0 radical (unpaired) electrons. The van der Waals surface area contributed by atoms with E-state index in [0.29, 0.717) is 25.3 Å². The summed E-state index contributed by atoms with van der Waals surface area (Å²) in [4.78, 5) is 2.16. The van der Waals surface area contributed by atoms with Gasteiger partial charge in [-0.25, -0.2) is 0 Å². The van der Waals surface area contributed by atoms with Gasteiger partial charge >= 0.3 is 6.18 Å². The smallest absolute Gasteiger partial charge is 0.416 e. The zero-order valence-electron chi connectivity index (χ0n) is 14.2. The Kier molecular flexibility index (Phi) is 5.48. The lowest BCUT2D eigenvalue weighted by Crippen LogP contribution is -2.31. The van der Waals surface area contributed by atoms with Gasteiger partial charge in [0.2, 0.25) is 0 Å². The van der Waals surface area contributed by atoms with Crippen molar-refractivity contribution >= 4 is 0 Å². The molecule has 0 bridgehead atoms. The van der Waals surface area contributed by atoms with Crippen LogP contribution in [0.5, 0.6) is 5.75 Å². The van der Waals surface area contributed by atoms with Crippen LogP contribution in [0.1, 0.15) is 29.2 Å². The molecule has 0 aliphatic carbocycles. The normalized spacial score (nSPS) is 17.8. The quantitative estimate of drug-likeness (QED) is 0.800. The van der Waals surface area contributed by atoms with E-state index in [4.69, 9.17) is 10.00 Å². The monoisotopic (exact) mass is 360 g/mol. The molecular weight excluding hydrogens is 341 g/mol. The van der Waals surface area contributed by atoms with Gasteiger partial charge in [-0.05, 0) is 41.8 Å². The highest BCUT2D eigenvalue weighted by molar-refractivity contribution is 5.34. The first-order valence-corrected chi connectivity index (χ1v) is 8.48. The third kappa shape index (κ3) is 4.36. The molecule has 0 spiro atoms. The largest absolute Gasteiger partial charge is 0.484 e. The predicted octanol–water partition coefficient (Wildman–Crippen LogP) is 4.60. The Balaban J connectivity index is 1.82. The van der Waals surface area contributed by atoms with Crippen molar-refractivity contribution in [3.8, 4) is 11.8 Å². The highest BCUT2D eigenvalue weighted by Gasteiger charge is 2.30. The van der Waals surface area contributed by atoms with Gasteiger partial charge in [0.05, 0.1) is 11.6 Å². The third-order valence-corrected chi connectivity index (χ3v) is 4.52. The SMILES string of the molecule is N#CCCN1CCc2ccccc2C(Oc2ccc(C(F)(F)F)cc2)C1. The number of benzene rings is 2. The first-order valence-electron chi connectivity index (χ1n) is 8.48. The van der Waals surface area contributed by atoms with E-state index in [-0.39, 0.29) is 6.10 Å². The van der Waals surface area contributed by atoms with Crippen LogP contribution in [0.15, 0.2) is 48.5 Å². The van der Waals surface area contributed by atoms with Gasteiger partial charge in [-0.1, -0.05) is 24.3 Å². The minimum Gasteiger partial charge on any atom is -0.484 e. The molecule has 1 unspecified atom stereocenters. The molecule has 3 rings (SSSR count). The molecule has 1 atom stereocenters. The molecule has 1 aliphatic heterocycles. The van der Waals surface area contributed by atoms with Crippen molar-refractivity contribution in [2.75, 3.05) is 19.6 Å². The van der Waals surface area contributed by atoms with E-state index in [1.807, 2.05) is 24.3 Å². The van der Waals surface area contributed by atoms with E-state index in [1.165, 1.54) is 17.7 Å². The Morgan fingerprint density at radius 3 is 2.54 bits per heavy atom. The number of ether oxygens (including phenoxy) is 1. The molecule has 1 heterocycles. The van der Waals surface area contributed by atoms with Crippen LogP contribution < -0.4 is 4.74 Å². The molecule has 0 N–H and O–H groups in total. The van der Waals surface area contributed by atoms with Crippen LogP contribution in [0.25, 0.3) is 0 Å². The Labute approximate surface area is 150 Å². The molecule has 0 fully saturated rings. The molecule has 0 aromatic heterocycles. The number of nitriles is 1.